The van der Waals surface area contributed by atoms with E-state index < -0.39 is 39.2 Å². The van der Waals surface area contributed by atoms with Crippen LogP contribution in [0.4, 0.5) is 23.2 Å². The van der Waals surface area contributed by atoms with E-state index in [0.717, 1.165) is 74.8 Å². The Morgan fingerprint density at radius 3 is 2.57 bits per heavy atom. The number of carbonyl (C=O) groups is 1. The molecule has 2 atom stereocenters. The van der Waals surface area contributed by atoms with Crippen molar-refractivity contribution in [1.29, 1.82) is 0 Å². The van der Waals surface area contributed by atoms with E-state index in [-0.39, 0.29) is 52.1 Å². The van der Waals surface area contributed by atoms with Gasteiger partial charge in [0.15, 0.2) is 9.84 Å². The number of anilines is 1. The van der Waals surface area contributed by atoms with Crippen molar-refractivity contribution in [2.45, 2.75) is 55.9 Å². The summed E-state index contributed by atoms with van der Waals surface area (Å²) in [6, 6.07) is 5.31. The normalized spacial score (nSPS) is 19.6. The van der Waals surface area contributed by atoms with E-state index in [9.17, 15) is 30.8 Å². The maximum absolute atomic E-state index is 14.3. The molecule has 47 heavy (non-hydrogen) atoms. The summed E-state index contributed by atoms with van der Waals surface area (Å²) in [5.74, 6) is 4.49. The fourth-order valence-corrected chi connectivity index (χ4v) is 6.91. The van der Waals surface area contributed by atoms with Crippen LogP contribution in [0.5, 0.6) is 5.75 Å². The highest BCUT2D eigenvalue weighted by atomic mass is 32.2. The molecule has 1 aromatic heterocycles. The molecule has 0 aliphatic carbocycles. The third-order valence-electron chi connectivity index (χ3n) is 8.53. The second-order valence-electron chi connectivity index (χ2n) is 12.0. The van der Waals surface area contributed by atoms with Gasteiger partial charge in [-0.05, 0) is 43.4 Å². The number of hydrogen-bond acceptors (Lipinski definition) is 8. The number of carbonyl (C=O) groups excluding carboxylic acids is 1. The maximum Gasteiger partial charge on any atom is 0.406 e. The van der Waals surface area contributed by atoms with Crippen molar-refractivity contribution >= 4 is 32.5 Å². The number of halogens is 4. The van der Waals surface area contributed by atoms with Crippen molar-refractivity contribution in [3.05, 3.63) is 47.5 Å². The van der Waals surface area contributed by atoms with Crippen LogP contribution in [0.3, 0.4) is 0 Å². The Balaban J connectivity index is 1.37. The molecule has 2 saturated heterocycles. The molecule has 10 nitrogen and oxygen atoms in total. The van der Waals surface area contributed by atoms with Crippen LogP contribution in [0.2, 0.25) is 0 Å². The second-order valence-corrected chi connectivity index (χ2v) is 14.0. The average Bonchev–Trinajstić information content (AvgIpc) is 3.40. The molecule has 1 amide bonds. The molecule has 3 aromatic rings. The Kier molecular flexibility index (Phi) is 10.3. The predicted octanol–water partition coefficient (Wildman–Crippen LogP) is 4.23. The lowest BCUT2D eigenvalue weighted by atomic mass is 9.91. The van der Waals surface area contributed by atoms with Gasteiger partial charge in [-0.15, -0.1) is 0 Å². The van der Waals surface area contributed by atoms with Crippen molar-refractivity contribution in [3.8, 4) is 17.6 Å². The molecule has 0 spiro atoms. The van der Waals surface area contributed by atoms with Gasteiger partial charge in [-0.1, -0.05) is 18.8 Å². The number of hydrogen-bond donors (Lipinski definition) is 2. The molecule has 0 unspecified atom stereocenters. The largest absolute Gasteiger partial charge is 0.494 e. The molecule has 0 radical (unpaired) electrons. The highest BCUT2D eigenvalue weighted by Gasteiger charge is 2.33. The Bertz CT molecular complexity index is 1790. The number of fused-ring (bicyclic) bond motifs is 1. The molecular weight excluding hydrogens is 642 g/mol. The monoisotopic (exact) mass is 679 g/mol. The molecule has 0 bridgehead atoms. The Hall–Kier alpha value is -3.87. The first kappa shape index (κ1) is 34.5. The number of nitrogens with one attached hydrogen (secondary N) is 2. The molecule has 2 aliphatic rings. The molecule has 2 aromatic carbocycles. The summed E-state index contributed by atoms with van der Waals surface area (Å²) in [6.45, 7) is 3.84. The molecule has 15 heteroatoms. The molecule has 2 fully saturated rings. The van der Waals surface area contributed by atoms with Crippen molar-refractivity contribution < 1.29 is 40.2 Å². The fourth-order valence-electron chi connectivity index (χ4n) is 6.16. The van der Waals surface area contributed by atoms with E-state index in [1.165, 1.54) is 19.2 Å². The standard InChI is InChI=1S/C32H37F4N5O5S/c1-20-17-40(22-7-11-46-12-8-22)10-6-25(20)39-31(42)23-13-21(14-27-30(23)38-19-41(27)18-32(34,35)36)5-4-9-37-26-16-29(47(3,43)44)24(33)15-28(26)45-2/h13-16,19-20,22,25,37H,6-12,17-18H2,1-3H3,(H,39,42)/t20-,25-/m0/s1. The van der Waals surface area contributed by atoms with Crippen LogP contribution >= 0.6 is 0 Å². The smallest absolute Gasteiger partial charge is 0.406 e. The second kappa shape index (κ2) is 14.1. The van der Waals surface area contributed by atoms with Crippen LogP contribution in [0.25, 0.3) is 11.0 Å². The summed E-state index contributed by atoms with van der Waals surface area (Å²) < 4.78 is 90.0. The van der Waals surface area contributed by atoms with Gasteiger partial charge in [-0.2, -0.15) is 13.2 Å². The minimum Gasteiger partial charge on any atom is -0.494 e. The van der Waals surface area contributed by atoms with Crippen molar-refractivity contribution in [1.82, 2.24) is 19.8 Å². The van der Waals surface area contributed by atoms with Gasteiger partial charge >= 0.3 is 6.18 Å². The number of alkyl halides is 3. The van der Waals surface area contributed by atoms with Crippen LogP contribution in [-0.2, 0) is 21.1 Å². The van der Waals surface area contributed by atoms with Crippen molar-refractivity contribution in [3.63, 3.8) is 0 Å². The Morgan fingerprint density at radius 2 is 1.91 bits per heavy atom. The lowest BCUT2D eigenvalue weighted by Gasteiger charge is -2.42. The van der Waals surface area contributed by atoms with Crippen molar-refractivity contribution in [2.24, 2.45) is 5.92 Å². The van der Waals surface area contributed by atoms with E-state index in [1.807, 2.05) is 0 Å². The number of ether oxygens (including phenoxy) is 2. The zero-order valence-corrected chi connectivity index (χ0v) is 27.1. The number of likely N-dealkylation sites (tertiary alicyclic amines) is 1. The number of rotatable bonds is 8. The van der Waals surface area contributed by atoms with Crippen LogP contribution in [-0.4, -0.2) is 93.2 Å². The highest BCUT2D eigenvalue weighted by molar-refractivity contribution is 7.90. The quantitative estimate of drug-likeness (QED) is 0.269. The SMILES string of the molecule is COc1cc(F)c(S(C)(=O)=O)cc1NCC#Cc1cc(C(=O)N[C@H]2CCN(C3CCOCC3)C[C@@H]2C)c2ncn(CC(F)(F)F)c2c1. The molecule has 254 valence electrons. The summed E-state index contributed by atoms with van der Waals surface area (Å²) in [6.07, 6.45) is 0.105. The number of benzene rings is 2. The number of nitrogens with zero attached hydrogens (tertiary/aromatic N) is 3. The predicted molar refractivity (Wildman–Crippen MR) is 168 cm³/mol. The first-order valence-corrected chi connectivity index (χ1v) is 17.1. The number of amides is 1. The van der Waals surface area contributed by atoms with E-state index in [0.29, 0.717) is 6.04 Å². The zero-order chi connectivity index (χ0) is 33.9. The molecular formula is C32H37F4N5O5S. The van der Waals surface area contributed by atoms with Crippen LogP contribution in [0.15, 0.2) is 35.5 Å². The van der Waals surface area contributed by atoms with Gasteiger partial charge < -0.3 is 24.7 Å². The number of piperidine rings is 1. The number of imidazole rings is 1. The fraction of sp³-hybridized carbons (Fsp3) is 0.500. The minimum absolute atomic E-state index is 0.0564. The van der Waals surface area contributed by atoms with Crippen molar-refractivity contribution in [2.75, 3.05) is 51.5 Å². The average molecular weight is 680 g/mol. The molecule has 2 aliphatic heterocycles. The Morgan fingerprint density at radius 1 is 1.17 bits per heavy atom. The van der Waals surface area contributed by atoms with Gasteiger partial charge in [0.2, 0.25) is 0 Å². The van der Waals surface area contributed by atoms with Gasteiger partial charge in [0.05, 0.1) is 36.7 Å². The zero-order valence-electron chi connectivity index (χ0n) is 26.3. The maximum atomic E-state index is 14.3. The van der Waals surface area contributed by atoms with Gasteiger partial charge in [0, 0.05) is 56.3 Å². The third-order valence-corrected chi connectivity index (χ3v) is 9.65. The van der Waals surface area contributed by atoms with E-state index in [1.54, 1.807) is 0 Å². The lowest BCUT2D eigenvalue weighted by Crippen LogP contribution is -2.53. The van der Waals surface area contributed by atoms with E-state index in [4.69, 9.17) is 9.47 Å². The first-order valence-electron chi connectivity index (χ1n) is 15.2. The molecule has 5 rings (SSSR count). The van der Waals surface area contributed by atoms with Crippen LogP contribution in [0, 0.1) is 23.6 Å². The summed E-state index contributed by atoms with van der Waals surface area (Å²) in [5.41, 5.74) is 0.801. The summed E-state index contributed by atoms with van der Waals surface area (Å²) >= 11 is 0. The van der Waals surface area contributed by atoms with E-state index >= 15 is 0 Å². The highest BCUT2D eigenvalue weighted by Crippen LogP contribution is 2.30. The van der Waals surface area contributed by atoms with Crippen LogP contribution in [0.1, 0.15) is 42.1 Å². The van der Waals surface area contributed by atoms with Gasteiger partial charge in [0.1, 0.15) is 28.5 Å². The number of methoxy groups -OCH3 is 1. The minimum atomic E-state index is -4.52. The first-order chi connectivity index (χ1) is 22.2. The topological polar surface area (TPSA) is 115 Å². The van der Waals surface area contributed by atoms with E-state index in [2.05, 4.69) is 39.3 Å². The van der Waals surface area contributed by atoms with Gasteiger partial charge in [0.25, 0.3) is 5.91 Å². The summed E-state index contributed by atoms with van der Waals surface area (Å²) in [5, 5.41) is 5.98. The molecule has 3 heterocycles. The van der Waals surface area contributed by atoms with Crippen LogP contribution < -0.4 is 15.4 Å². The number of sulfone groups is 1. The molecule has 2 N–H and O–H groups in total. The molecule has 0 saturated carbocycles. The Labute approximate surface area is 270 Å². The summed E-state index contributed by atoms with van der Waals surface area (Å²) in [7, 11) is -2.56. The van der Waals surface area contributed by atoms with Gasteiger partial charge in [-0.25, -0.2) is 17.8 Å². The number of aromatic nitrogens is 2. The lowest BCUT2D eigenvalue weighted by molar-refractivity contribution is -0.139. The summed E-state index contributed by atoms with van der Waals surface area (Å²) in [4.78, 5) is 19.8. The third kappa shape index (κ3) is 8.35. The van der Waals surface area contributed by atoms with Gasteiger partial charge in [-0.3, -0.25) is 9.69 Å².